The highest BCUT2D eigenvalue weighted by molar-refractivity contribution is 5.98. The third kappa shape index (κ3) is 4.70. The molecule has 152 valence electrons. The SMILES string of the molecule is C=CCNC(=O)NC1CCN(C(=O)c2cccn2C)C1C(=O)N(C)CC(N)=O. The number of aryl methyl sites for hydroxylation is 1. The van der Waals surface area contributed by atoms with Crippen LogP contribution in [-0.2, 0) is 16.6 Å². The number of nitrogens with zero attached hydrogens (tertiary/aromatic N) is 3. The summed E-state index contributed by atoms with van der Waals surface area (Å²) in [6.07, 6.45) is 3.67. The highest BCUT2D eigenvalue weighted by Gasteiger charge is 2.44. The van der Waals surface area contributed by atoms with E-state index in [9.17, 15) is 19.2 Å². The van der Waals surface area contributed by atoms with E-state index in [1.807, 2.05) is 0 Å². The molecule has 0 radical (unpaired) electrons. The van der Waals surface area contributed by atoms with E-state index in [-0.39, 0.29) is 25.5 Å². The molecule has 2 unspecified atom stereocenters. The Hall–Kier alpha value is -3.30. The third-order valence-electron chi connectivity index (χ3n) is 4.57. The second-order valence-corrected chi connectivity index (χ2v) is 6.65. The first-order chi connectivity index (χ1) is 13.3. The molecule has 10 nitrogen and oxygen atoms in total. The van der Waals surface area contributed by atoms with Crippen LogP contribution >= 0.6 is 0 Å². The van der Waals surface area contributed by atoms with Gasteiger partial charge in [-0.2, -0.15) is 0 Å². The summed E-state index contributed by atoms with van der Waals surface area (Å²) in [5.74, 6) is -1.45. The Kier molecular flexibility index (Phi) is 6.80. The van der Waals surface area contributed by atoms with Gasteiger partial charge in [-0.05, 0) is 18.6 Å². The molecule has 0 bridgehead atoms. The van der Waals surface area contributed by atoms with Crippen molar-refractivity contribution in [2.75, 3.05) is 26.7 Å². The van der Waals surface area contributed by atoms with Crippen molar-refractivity contribution in [2.45, 2.75) is 18.5 Å². The number of primary amides is 1. The number of hydrogen-bond donors (Lipinski definition) is 3. The molecule has 0 spiro atoms. The van der Waals surface area contributed by atoms with Gasteiger partial charge in [0, 0.05) is 33.4 Å². The molecule has 1 aromatic rings. The van der Waals surface area contributed by atoms with Crippen LogP contribution < -0.4 is 16.4 Å². The molecule has 28 heavy (non-hydrogen) atoms. The maximum atomic E-state index is 13.0. The molecule has 1 aliphatic heterocycles. The van der Waals surface area contributed by atoms with E-state index in [1.54, 1.807) is 29.9 Å². The van der Waals surface area contributed by atoms with Crippen LogP contribution in [0.1, 0.15) is 16.9 Å². The zero-order valence-electron chi connectivity index (χ0n) is 16.1. The number of carbonyl (C=O) groups is 4. The highest BCUT2D eigenvalue weighted by atomic mass is 16.2. The van der Waals surface area contributed by atoms with Gasteiger partial charge in [0.15, 0.2) is 0 Å². The number of nitrogens with one attached hydrogen (secondary N) is 2. The van der Waals surface area contributed by atoms with Gasteiger partial charge in [-0.15, -0.1) is 6.58 Å². The number of hydrogen-bond acceptors (Lipinski definition) is 4. The van der Waals surface area contributed by atoms with Crippen molar-refractivity contribution in [3.05, 3.63) is 36.7 Å². The summed E-state index contributed by atoms with van der Waals surface area (Å²) in [5.41, 5.74) is 5.61. The molecular weight excluding hydrogens is 364 g/mol. The van der Waals surface area contributed by atoms with Gasteiger partial charge in [0.25, 0.3) is 5.91 Å². The van der Waals surface area contributed by atoms with Gasteiger partial charge in [0.05, 0.1) is 12.6 Å². The maximum Gasteiger partial charge on any atom is 0.315 e. The number of carbonyl (C=O) groups excluding carboxylic acids is 4. The molecular formula is C18H26N6O4. The van der Waals surface area contributed by atoms with E-state index >= 15 is 0 Å². The van der Waals surface area contributed by atoms with Crippen LogP contribution in [0.15, 0.2) is 31.0 Å². The molecule has 1 aromatic heterocycles. The fourth-order valence-electron chi connectivity index (χ4n) is 3.23. The fourth-order valence-corrected chi connectivity index (χ4v) is 3.23. The standard InChI is InChI=1S/C18H26N6O4/c1-4-8-20-18(28)21-12-7-10-24(16(26)13-6-5-9-22(13)2)15(12)17(27)23(3)11-14(19)25/h4-6,9,12,15H,1,7-8,10-11H2,2-3H3,(H2,19,25)(H2,20,21,28). The quantitative estimate of drug-likeness (QED) is 0.518. The lowest BCUT2D eigenvalue weighted by Gasteiger charge is -2.30. The number of nitrogens with two attached hydrogens (primary N) is 1. The number of likely N-dealkylation sites (N-methyl/N-ethyl adjacent to an activating group) is 1. The van der Waals surface area contributed by atoms with Crippen molar-refractivity contribution < 1.29 is 19.2 Å². The second kappa shape index (κ2) is 9.07. The monoisotopic (exact) mass is 390 g/mol. The molecule has 2 rings (SSSR count). The molecule has 0 aromatic carbocycles. The lowest BCUT2D eigenvalue weighted by atomic mass is 10.1. The second-order valence-electron chi connectivity index (χ2n) is 6.65. The molecule has 1 aliphatic rings. The van der Waals surface area contributed by atoms with Gasteiger partial charge in [0.1, 0.15) is 11.7 Å². The van der Waals surface area contributed by atoms with E-state index in [1.165, 1.54) is 22.9 Å². The molecule has 1 fully saturated rings. The summed E-state index contributed by atoms with van der Waals surface area (Å²) >= 11 is 0. The van der Waals surface area contributed by atoms with Crippen molar-refractivity contribution in [3.8, 4) is 0 Å². The number of rotatable bonds is 7. The fraction of sp³-hybridized carbons (Fsp3) is 0.444. The lowest BCUT2D eigenvalue weighted by molar-refractivity contribution is -0.137. The zero-order valence-corrected chi connectivity index (χ0v) is 16.1. The molecule has 2 atom stereocenters. The van der Waals surface area contributed by atoms with E-state index < -0.39 is 29.9 Å². The van der Waals surface area contributed by atoms with Crippen molar-refractivity contribution >= 4 is 23.8 Å². The Labute approximate surface area is 163 Å². The van der Waals surface area contributed by atoms with Crippen LogP contribution in [0, 0.1) is 0 Å². The molecule has 4 N–H and O–H groups in total. The highest BCUT2D eigenvalue weighted by Crippen LogP contribution is 2.23. The van der Waals surface area contributed by atoms with E-state index in [2.05, 4.69) is 17.2 Å². The maximum absolute atomic E-state index is 13.0. The first-order valence-corrected chi connectivity index (χ1v) is 8.87. The van der Waals surface area contributed by atoms with Gasteiger partial charge < -0.3 is 30.7 Å². The average molecular weight is 390 g/mol. The van der Waals surface area contributed by atoms with E-state index in [0.29, 0.717) is 12.1 Å². The van der Waals surface area contributed by atoms with Gasteiger partial charge >= 0.3 is 6.03 Å². The number of amides is 5. The molecule has 2 heterocycles. The minimum atomic E-state index is -0.943. The van der Waals surface area contributed by atoms with Crippen LogP contribution in [0.5, 0.6) is 0 Å². The zero-order chi connectivity index (χ0) is 20.8. The molecule has 1 saturated heterocycles. The van der Waals surface area contributed by atoms with E-state index in [4.69, 9.17) is 5.73 Å². The van der Waals surface area contributed by atoms with E-state index in [0.717, 1.165) is 0 Å². The predicted octanol–water partition coefficient (Wildman–Crippen LogP) is -0.963. The van der Waals surface area contributed by atoms with Crippen molar-refractivity contribution in [2.24, 2.45) is 12.8 Å². The number of urea groups is 1. The third-order valence-corrected chi connectivity index (χ3v) is 4.57. The molecule has 10 heteroatoms. The lowest BCUT2D eigenvalue weighted by Crippen LogP contribution is -2.57. The summed E-state index contributed by atoms with van der Waals surface area (Å²) in [4.78, 5) is 51.8. The largest absolute Gasteiger partial charge is 0.368 e. The minimum absolute atomic E-state index is 0.269. The Morgan fingerprint density at radius 3 is 2.68 bits per heavy atom. The first-order valence-electron chi connectivity index (χ1n) is 8.87. The predicted molar refractivity (Wildman–Crippen MR) is 102 cm³/mol. The van der Waals surface area contributed by atoms with Gasteiger partial charge in [-0.25, -0.2) is 4.79 Å². The average Bonchev–Trinajstić information content (AvgIpc) is 3.24. The number of likely N-dealkylation sites (tertiary alicyclic amines) is 1. The Bertz CT molecular complexity index is 774. The Balaban J connectivity index is 2.25. The Morgan fingerprint density at radius 1 is 1.39 bits per heavy atom. The van der Waals surface area contributed by atoms with Crippen molar-refractivity contribution in [1.29, 1.82) is 0 Å². The van der Waals surface area contributed by atoms with Crippen LogP contribution in [0.25, 0.3) is 0 Å². The van der Waals surface area contributed by atoms with Gasteiger partial charge in [-0.3, -0.25) is 14.4 Å². The molecule has 0 aliphatic carbocycles. The van der Waals surface area contributed by atoms with Crippen LogP contribution in [0.3, 0.4) is 0 Å². The van der Waals surface area contributed by atoms with Gasteiger partial charge in [0.2, 0.25) is 11.8 Å². The molecule has 0 saturated carbocycles. The smallest absolute Gasteiger partial charge is 0.315 e. The van der Waals surface area contributed by atoms with Crippen LogP contribution in [0.2, 0.25) is 0 Å². The van der Waals surface area contributed by atoms with Crippen molar-refractivity contribution in [3.63, 3.8) is 0 Å². The number of aromatic nitrogens is 1. The minimum Gasteiger partial charge on any atom is -0.368 e. The van der Waals surface area contributed by atoms with Gasteiger partial charge in [-0.1, -0.05) is 6.08 Å². The normalized spacial score (nSPS) is 18.4. The van der Waals surface area contributed by atoms with Crippen LogP contribution in [0.4, 0.5) is 4.79 Å². The topological polar surface area (TPSA) is 130 Å². The first kappa shape index (κ1) is 21.0. The Morgan fingerprint density at radius 2 is 2.11 bits per heavy atom. The summed E-state index contributed by atoms with van der Waals surface area (Å²) in [5, 5.41) is 5.32. The summed E-state index contributed by atoms with van der Waals surface area (Å²) in [7, 11) is 3.17. The summed E-state index contributed by atoms with van der Waals surface area (Å²) < 4.78 is 1.66. The summed E-state index contributed by atoms with van der Waals surface area (Å²) in [6, 6.07) is 1.39. The van der Waals surface area contributed by atoms with Crippen molar-refractivity contribution in [1.82, 2.24) is 25.0 Å². The molecule has 5 amide bonds. The summed E-state index contributed by atoms with van der Waals surface area (Å²) in [6.45, 7) is 3.80. The van der Waals surface area contributed by atoms with Crippen LogP contribution in [-0.4, -0.2) is 76.9 Å².